The average molecular weight is 353 g/mol. The third-order valence-electron chi connectivity index (χ3n) is 4.69. The van der Waals surface area contributed by atoms with Crippen LogP contribution in [0.4, 0.5) is 0 Å². The van der Waals surface area contributed by atoms with E-state index in [2.05, 4.69) is 12.1 Å². The molecular weight excluding hydrogens is 330 g/mol. The molecule has 0 saturated heterocycles. The standard InChI is InChI=1S/C21H23NO4/c1-14-10-18(11-15(2)20(14)26-13-19(23)24)21(25)22-9-5-8-16-6-3-4-7-17(16)12-22/h3-4,6-7,10-11H,5,8-9,12-13H2,1-2H3,(H,23,24). The number of hydrogen-bond acceptors (Lipinski definition) is 3. The summed E-state index contributed by atoms with van der Waals surface area (Å²) < 4.78 is 5.35. The van der Waals surface area contributed by atoms with Crippen molar-refractivity contribution in [2.45, 2.75) is 33.2 Å². The fourth-order valence-electron chi connectivity index (χ4n) is 3.49. The van der Waals surface area contributed by atoms with Crippen molar-refractivity contribution < 1.29 is 19.4 Å². The Bertz CT molecular complexity index is 821. The Morgan fingerprint density at radius 3 is 2.42 bits per heavy atom. The molecule has 0 atom stereocenters. The molecule has 0 unspecified atom stereocenters. The molecule has 1 N–H and O–H groups in total. The minimum absolute atomic E-state index is 0.00214. The van der Waals surface area contributed by atoms with E-state index in [4.69, 9.17) is 9.84 Å². The summed E-state index contributed by atoms with van der Waals surface area (Å²) in [5.74, 6) is -0.491. The van der Waals surface area contributed by atoms with Crippen LogP contribution < -0.4 is 4.74 Å². The highest BCUT2D eigenvalue weighted by molar-refractivity contribution is 5.95. The van der Waals surface area contributed by atoms with E-state index < -0.39 is 12.6 Å². The lowest BCUT2D eigenvalue weighted by Gasteiger charge is -2.22. The topological polar surface area (TPSA) is 66.8 Å². The molecule has 0 aromatic heterocycles. The molecule has 136 valence electrons. The quantitative estimate of drug-likeness (QED) is 0.915. The molecule has 1 heterocycles. The van der Waals surface area contributed by atoms with E-state index in [1.165, 1.54) is 11.1 Å². The van der Waals surface area contributed by atoms with Crippen molar-refractivity contribution in [3.8, 4) is 5.75 Å². The van der Waals surface area contributed by atoms with Crippen molar-refractivity contribution in [3.63, 3.8) is 0 Å². The number of aryl methyl sites for hydroxylation is 3. The van der Waals surface area contributed by atoms with Crippen molar-refractivity contribution in [2.75, 3.05) is 13.2 Å². The maximum atomic E-state index is 13.0. The number of rotatable bonds is 4. The molecule has 3 rings (SSSR count). The zero-order chi connectivity index (χ0) is 18.7. The normalized spacial score (nSPS) is 13.7. The number of fused-ring (bicyclic) bond motifs is 1. The summed E-state index contributed by atoms with van der Waals surface area (Å²) in [6, 6.07) is 11.8. The number of nitrogens with zero attached hydrogens (tertiary/aromatic N) is 1. The summed E-state index contributed by atoms with van der Waals surface area (Å²) in [5, 5.41) is 8.79. The van der Waals surface area contributed by atoms with Gasteiger partial charge in [-0.3, -0.25) is 4.79 Å². The molecule has 5 nitrogen and oxygen atoms in total. The van der Waals surface area contributed by atoms with Crippen LogP contribution in [0.2, 0.25) is 0 Å². The predicted molar refractivity (Wildman–Crippen MR) is 98.6 cm³/mol. The van der Waals surface area contributed by atoms with Crippen molar-refractivity contribution in [1.82, 2.24) is 4.90 Å². The first kappa shape index (κ1) is 18.0. The van der Waals surface area contributed by atoms with Crippen molar-refractivity contribution in [2.24, 2.45) is 0 Å². The smallest absolute Gasteiger partial charge is 0.341 e. The molecule has 0 bridgehead atoms. The second kappa shape index (κ2) is 7.60. The molecule has 1 aliphatic heterocycles. The number of hydrogen-bond donors (Lipinski definition) is 1. The summed E-state index contributed by atoms with van der Waals surface area (Å²) >= 11 is 0. The van der Waals surface area contributed by atoms with E-state index in [-0.39, 0.29) is 5.91 Å². The third kappa shape index (κ3) is 3.87. The Morgan fingerprint density at radius 1 is 1.12 bits per heavy atom. The van der Waals surface area contributed by atoms with Gasteiger partial charge in [0.05, 0.1) is 0 Å². The van der Waals surface area contributed by atoms with Crippen LogP contribution >= 0.6 is 0 Å². The number of aliphatic carboxylic acids is 1. The Hall–Kier alpha value is -2.82. The number of benzene rings is 2. The first-order valence-corrected chi connectivity index (χ1v) is 8.77. The molecule has 0 aliphatic carbocycles. The monoisotopic (exact) mass is 353 g/mol. The van der Waals surface area contributed by atoms with E-state index in [0.717, 1.165) is 30.5 Å². The van der Waals surface area contributed by atoms with E-state index >= 15 is 0 Å². The maximum absolute atomic E-state index is 13.0. The van der Waals surface area contributed by atoms with Crippen LogP contribution in [0.5, 0.6) is 5.75 Å². The zero-order valence-electron chi connectivity index (χ0n) is 15.1. The molecule has 0 radical (unpaired) electrons. The number of carboxylic acids is 1. The molecule has 5 heteroatoms. The van der Waals surface area contributed by atoms with Crippen molar-refractivity contribution in [3.05, 3.63) is 64.2 Å². The lowest BCUT2D eigenvalue weighted by Crippen LogP contribution is -2.30. The highest BCUT2D eigenvalue weighted by Crippen LogP contribution is 2.27. The Morgan fingerprint density at radius 2 is 1.77 bits per heavy atom. The van der Waals surface area contributed by atoms with Gasteiger partial charge >= 0.3 is 5.97 Å². The van der Waals surface area contributed by atoms with Gasteiger partial charge in [0.1, 0.15) is 5.75 Å². The van der Waals surface area contributed by atoms with Gasteiger partial charge < -0.3 is 14.7 Å². The summed E-state index contributed by atoms with van der Waals surface area (Å²) in [7, 11) is 0. The van der Waals surface area contributed by atoms with E-state index in [0.29, 0.717) is 17.9 Å². The average Bonchev–Trinajstić information content (AvgIpc) is 2.82. The van der Waals surface area contributed by atoms with E-state index in [1.807, 2.05) is 30.9 Å². The van der Waals surface area contributed by atoms with Crippen molar-refractivity contribution >= 4 is 11.9 Å². The predicted octanol–water partition coefficient (Wildman–Crippen LogP) is 3.36. The van der Waals surface area contributed by atoms with Crippen molar-refractivity contribution in [1.29, 1.82) is 0 Å². The molecule has 1 aliphatic rings. The van der Waals surface area contributed by atoms with Gasteiger partial charge in [-0.1, -0.05) is 24.3 Å². The van der Waals surface area contributed by atoms with Gasteiger partial charge in [0, 0.05) is 18.7 Å². The van der Waals surface area contributed by atoms with Gasteiger partial charge in [0.25, 0.3) is 5.91 Å². The molecule has 1 amide bonds. The zero-order valence-corrected chi connectivity index (χ0v) is 15.1. The van der Waals surface area contributed by atoms with E-state index in [9.17, 15) is 9.59 Å². The lowest BCUT2D eigenvalue weighted by atomic mass is 10.0. The SMILES string of the molecule is Cc1cc(C(=O)N2CCCc3ccccc3C2)cc(C)c1OCC(=O)O. The van der Waals surface area contributed by atoms with Crippen LogP contribution in [-0.2, 0) is 17.8 Å². The van der Waals surface area contributed by atoms with Gasteiger partial charge in [0.15, 0.2) is 6.61 Å². The second-order valence-electron chi connectivity index (χ2n) is 6.72. The maximum Gasteiger partial charge on any atom is 0.341 e. The van der Waals surface area contributed by atoms with E-state index in [1.54, 1.807) is 12.1 Å². The fourth-order valence-corrected chi connectivity index (χ4v) is 3.49. The molecule has 0 fully saturated rings. The van der Waals surface area contributed by atoms with Crippen LogP contribution in [0.15, 0.2) is 36.4 Å². The summed E-state index contributed by atoms with van der Waals surface area (Å²) in [6.45, 7) is 4.61. The fraction of sp³-hybridized carbons (Fsp3) is 0.333. The van der Waals surface area contributed by atoms with Gasteiger partial charge in [-0.05, 0) is 61.1 Å². The van der Waals surface area contributed by atoms with Gasteiger partial charge in [-0.15, -0.1) is 0 Å². The first-order chi connectivity index (χ1) is 12.5. The van der Waals surface area contributed by atoms with Gasteiger partial charge in [0.2, 0.25) is 0 Å². The minimum atomic E-state index is -1.02. The number of amides is 1. The highest BCUT2D eigenvalue weighted by atomic mass is 16.5. The number of carboxylic acid groups (broad SMARTS) is 1. The summed E-state index contributed by atoms with van der Waals surface area (Å²) in [5.41, 5.74) is 4.66. The molecule has 0 spiro atoms. The minimum Gasteiger partial charge on any atom is -0.481 e. The summed E-state index contributed by atoms with van der Waals surface area (Å²) in [4.78, 5) is 25.6. The van der Waals surface area contributed by atoms with Crippen LogP contribution in [0.25, 0.3) is 0 Å². The third-order valence-corrected chi connectivity index (χ3v) is 4.69. The highest BCUT2D eigenvalue weighted by Gasteiger charge is 2.21. The Kier molecular flexibility index (Phi) is 5.26. The van der Waals surface area contributed by atoms with Gasteiger partial charge in [-0.25, -0.2) is 4.79 Å². The number of carbonyl (C=O) groups is 2. The second-order valence-corrected chi connectivity index (χ2v) is 6.72. The molecule has 2 aromatic carbocycles. The van der Waals surface area contributed by atoms with Crippen LogP contribution in [0.1, 0.15) is 39.0 Å². The number of ether oxygens (including phenoxy) is 1. The van der Waals surface area contributed by atoms with Crippen LogP contribution in [0, 0.1) is 13.8 Å². The van der Waals surface area contributed by atoms with Crippen LogP contribution in [-0.4, -0.2) is 35.0 Å². The van der Waals surface area contributed by atoms with Crippen LogP contribution in [0.3, 0.4) is 0 Å². The summed E-state index contributed by atoms with van der Waals surface area (Å²) in [6.07, 6.45) is 1.93. The Labute approximate surface area is 153 Å². The molecule has 2 aromatic rings. The molecule has 26 heavy (non-hydrogen) atoms. The first-order valence-electron chi connectivity index (χ1n) is 8.77. The lowest BCUT2D eigenvalue weighted by molar-refractivity contribution is -0.139. The molecule has 0 saturated carbocycles. The molecular formula is C21H23NO4. The Balaban J connectivity index is 1.82. The number of carbonyl (C=O) groups excluding carboxylic acids is 1. The largest absolute Gasteiger partial charge is 0.481 e. The van der Waals surface area contributed by atoms with Gasteiger partial charge in [-0.2, -0.15) is 0 Å².